The zero-order chi connectivity index (χ0) is 14.7. The molecule has 0 aromatic carbocycles. The summed E-state index contributed by atoms with van der Waals surface area (Å²) in [5.41, 5.74) is 5.79. The maximum Gasteiger partial charge on any atom is 0.222 e. The molecule has 0 aromatic rings. The van der Waals surface area contributed by atoms with Crippen LogP contribution in [0.15, 0.2) is 0 Å². The lowest BCUT2D eigenvalue weighted by atomic mass is 9.93. The smallest absolute Gasteiger partial charge is 0.222 e. The Morgan fingerprint density at radius 2 is 1.68 bits per heavy atom. The summed E-state index contributed by atoms with van der Waals surface area (Å²) >= 11 is 0. The molecule has 0 fully saturated rings. The fraction of sp³-hybridized carbons (Fsp3) is 0.938. The molecule has 0 atom stereocenters. The Morgan fingerprint density at radius 3 is 2.21 bits per heavy atom. The first-order valence-electron chi connectivity index (χ1n) is 7.94. The van der Waals surface area contributed by atoms with Crippen molar-refractivity contribution in [2.24, 2.45) is 11.1 Å². The van der Waals surface area contributed by atoms with Crippen LogP contribution in [-0.4, -0.2) is 30.4 Å². The topological polar surface area (TPSA) is 46.3 Å². The molecule has 114 valence electrons. The van der Waals surface area contributed by atoms with Crippen LogP contribution in [0.2, 0.25) is 0 Å². The van der Waals surface area contributed by atoms with E-state index in [-0.39, 0.29) is 5.41 Å². The number of hydrogen-bond acceptors (Lipinski definition) is 2. The number of carbonyl (C=O) groups is 1. The van der Waals surface area contributed by atoms with Crippen molar-refractivity contribution >= 4 is 5.91 Å². The first kappa shape index (κ1) is 18.4. The highest BCUT2D eigenvalue weighted by molar-refractivity contribution is 5.76. The van der Waals surface area contributed by atoms with Gasteiger partial charge in [0.05, 0.1) is 0 Å². The Morgan fingerprint density at radius 1 is 1.05 bits per heavy atom. The molecule has 0 aliphatic carbocycles. The summed E-state index contributed by atoms with van der Waals surface area (Å²) in [5, 5.41) is 0. The van der Waals surface area contributed by atoms with Gasteiger partial charge in [-0.15, -0.1) is 0 Å². The van der Waals surface area contributed by atoms with E-state index in [4.69, 9.17) is 5.73 Å². The summed E-state index contributed by atoms with van der Waals surface area (Å²) in [6.07, 6.45) is 7.72. The largest absolute Gasteiger partial charge is 0.342 e. The quantitative estimate of drug-likeness (QED) is 0.583. The predicted molar refractivity (Wildman–Crippen MR) is 83.1 cm³/mol. The number of nitrogens with zero attached hydrogens (tertiary/aromatic N) is 1. The van der Waals surface area contributed by atoms with Gasteiger partial charge in [0.1, 0.15) is 0 Å². The van der Waals surface area contributed by atoms with Crippen molar-refractivity contribution in [1.29, 1.82) is 0 Å². The van der Waals surface area contributed by atoms with Crippen molar-refractivity contribution in [3.8, 4) is 0 Å². The van der Waals surface area contributed by atoms with E-state index < -0.39 is 0 Å². The van der Waals surface area contributed by atoms with Gasteiger partial charge in [0, 0.05) is 19.5 Å². The molecule has 19 heavy (non-hydrogen) atoms. The van der Waals surface area contributed by atoms with Gasteiger partial charge in [0.15, 0.2) is 0 Å². The number of hydrogen-bond donors (Lipinski definition) is 1. The molecule has 0 saturated carbocycles. The highest BCUT2D eigenvalue weighted by Crippen LogP contribution is 2.17. The number of amides is 1. The van der Waals surface area contributed by atoms with E-state index in [9.17, 15) is 4.79 Å². The van der Waals surface area contributed by atoms with Gasteiger partial charge in [-0.05, 0) is 24.8 Å². The Kier molecular flexibility index (Phi) is 9.94. The minimum atomic E-state index is 0.0209. The molecule has 0 aliphatic rings. The van der Waals surface area contributed by atoms with Crippen LogP contribution in [-0.2, 0) is 4.79 Å². The molecular formula is C16H34N2O. The van der Waals surface area contributed by atoms with Crippen LogP contribution < -0.4 is 5.73 Å². The van der Waals surface area contributed by atoms with Crippen LogP contribution in [0.25, 0.3) is 0 Å². The Labute approximate surface area is 119 Å². The van der Waals surface area contributed by atoms with Crippen LogP contribution >= 0.6 is 0 Å². The van der Waals surface area contributed by atoms with Gasteiger partial charge in [-0.2, -0.15) is 0 Å². The highest BCUT2D eigenvalue weighted by Gasteiger charge is 2.22. The molecule has 0 unspecified atom stereocenters. The van der Waals surface area contributed by atoms with Crippen molar-refractivity contribution in [1.82, 2.24) is 4.90 Å². The second kappa shape index (κ2) is 10.2. The van der Waals surface area contributed by atoms with Gasteiger partial charge in [0.25, 0.3) is 0 Å². The second-order valence-electron chi connectivity index (χ2n) is 6.35. The normalized spacial score (nSPS) is 11.6. The second-order valence-corrected chi connectivity index (χ2v) is 6.35. The van der Waals surface area contributed by atoms with E-state index in [0.29, 0.717) is 18.9 Å². The molecule has 0 saturated heterocycles. The summed E-state index contributed by atoms with van der Waals surface area (Å²) in [6.45, 7) is 10.9. The molecular weight excluding hydrogens is 236 g/mol. The number of rotatable bonds is 11. The molecule has 0 radical (unpaired) electrons. The highest BCUT2D eigenvalue weighted by atomic mass is 16.2. The van der Waals surface area contributed by atoms with E-state index in [1.54, 1.807) is 0 Å². The minimum Gasteiger partial charge on any atom is -0.342 e. The maximum absolute atomic E-state index is 12.2. The van der Waals surface area contributed by atoms with Gasteiger partial charge in [-0.3, -0.25) is 4.79 Å². The average molecular weight is 270 g/mol. The molecule has 3 nitrogen and oxygen atoms in total. The lowest BCUT2D eigenvalue weighted by Gasteiger charge is -2.31. The molecule has 2 N–H and O–H groups in total. The summed E-state index contributed by atoms with van der Waals surface area (Å²) in [7, 11) is 0. The standard InChI is InChI=1S/C16H34N2O/c1-5-7-8-9-10-11-15(19)18(12-6-2)14-16(3,4)13-17/h5-14,17H2,1-4H3. The fourth-order valence-electron chi connectivity index (χ4n) is 2.18. The molecule has 0 spiro atoms. The number of nitrogens with two attached hydrogens (primary N) is 1. The molecule has 0 aromatic heterocycles. The first-order valence-corrected chi connectivity index (χ1v) is 7.94. The van der Waals surface area contributed by atoms with Crippen LogP contribution in [0.1, 0.15) is 72.6 Å². The van der Waals surface area contributed by atoms with Crippen molar-refractivity contribution in [3.63, 3.8) is 0 Å². The van der Waals surface area contributed by atoms with Crippen LogP contribution in [0.3, 0.4) is 0 Å². The third kappa shape index (κ3) is 9.04. The SMILES string of the molecule is CCCCCCCC(=O)N(CCC)CC(C)(C)CN. The summed E-state index contributed by atoms with van der Waals surface area (Å²) in [6, 6.07) is 0. The molecule has 0 heterocycles. The van der Waals surface area contributed by atoms with Crippen LogP contribution in [0, 0.1) is 5.41 Å². The zero-order valence-electron chi connectivity index (χ0n) is 13.5. The van der Waals surface area contributed by atoms with Crippen molar-refractivity contribution < 1.29 is 4.79 Å². The third-order valence-corrected chi connectivity index (χ3v) is 3.51. The van der Waals surface area contributed by atoms with Gasteiger partial charge in [-0.25, -0.2) is 0 Å². The van der Waals surface area contributed by atoms with Gasteiger partial charge >= 0.3 is 0 Å². The van der Waals surface area contributed by atoms with E-state index in [0.717, 1.165) is 25.9 Å². The first-order chi connectivity index (χ1) is 8.96. The van der Waals surface area contributed by atoms with Gasteiger partial charge in [0.2, 0.25) is 5.91 Å². The van der Waals surface area contributed by atoms with Crippen molar-refractivity contribution in [2.45, 2.75) is 72.6 Å². The van der Waals surface area contributed by atoms with Crippen LogP contribution in [0.5, 0.6) is 0 Å². The van der Waals surface area contributed by atoms with Gasteiger partial charge in [-0.1, -0.05) is 53.4 Å². The Bertz CT molecular complexity index is 239. The van der Waals surface area contributed by atoms with Crippen molar-refractivity contribution in [3.05, 3.63) is 0 Å². The lowest BCUT2D eigenvalue weighted by Crippen LogP contribution is -2.42. The monoisotopic (exact) mass is 270 g/mol. The van der Waals surface area contributed by atoms with E-state index in [1.165, 1.54) is 25.7 Å². The molecule has 1 amide bonds. The molecule has 0 bridgehead atoms. The number of unbranched alkanes of at least 4 members (excludes halogenated alkanes) is 4. The Balaban J connectivity index is 4.11. The van der Waals surface area contributed by atoms with E-state index in [2.05, 4.69) is 27.7 Å². The third-order valence-electron chi connectivity index (χ3n) is 3.51. The molecule has 3 heteroatoms. The minimum absolute atomic E-state index is 0.0209. The van der Waals surface area contributed by atoms with Gasteiger partial charge < -0.3 is 10.6 Å². The van der Waals surface area contributed by atoms with Crippen LogP contribution in [0.4, 0.5) is 0 Å². The summed E-state index contributed by atoms with van der Waals surface area (Å²) in [4.78, 5) is 14.3. The van der Waals surface area contributed by atoms with E-state index >= 15 is 0 Å². The van der Waals surface area contributed by atoms with Crippen molar-refractivity contribution in [2.75, 3.05) is 19.6 Å². The summed E-state index contributed by atoms with van der Waals surface area (Å²) in [5.74, 6) is 0.305. The zero-order valence-corrected chi connectivity index (χ0v) is 13.5. The number of carbonyl (C=O) groups excluding carboxylic acids is 1. The predicted octanol–water partition coefficient (Wildman–Crippen LogP) is 3.57. The lowest BCUT2D eigenvalue weighted by molar-refractivity contribution is -0.132. The van der Waals surface area contributed by atoms with E-state index in [1.807, 2.05) is 4.90 Å². The Hall–Kier alpha value is -0.570. The average Bonchev–Trinajstić information content (AvgIpc) is 2.37. The fourth-order valence-corrected chi connectivity index (χ4v) is 2.18. The maximum atomic E-state index is 12.2. The molecule has 0 rings (SSSR count). The summed E-state index contributed by atoms with van der Waals surface area (Å²) < 4.78 is 0. The molecule has 0 aliphatic heterocycles.